The van der Waals surface area contributed by atoms with E-state index in [1.807, 2.05) is 17.5 Å². The molecule has 0 fully saturated rings. The summed E-state index contributed by atoms with van der Waals surface area (Å²) in [6, 6.07) is 10.2. The van der Waals surface area contributed by atoms with Crippen LogP contribution in [0.1, 0.15) is 34.0 Å². The van der Waals surface area contributed by atoms with E-state index in [2.05, 4.69) is 28.5 Å². The lowest BCUT2D eigenvalue weighted by molar-refractivity contribution is -0.122. The van der Waals surface area contributed by atoms with Crippen molar-refractivity contribution < 1.29 is 4.79 Å². The third-order valence-electron chi connectivity index (χ3n) is 6.12. The number of carbonyl (C=O) groups excluding carboxylic acids is 1. The molecule has 0 aliphatic heterocycles. The third-order valence-corrected chi connectivity index (χ3v) is 7.06. The van der Waals surface area contributed by atoms with E-state index in [0.717, 1.165) is 27.8 Å². The first-order valence-electron chi connectivity index (χ1n) is 10.5. The molecular formula is C23H23N5O3S. The van der Waals surface area contributed by atoms with Crippen molar-refractivity contribution in [3.8, 4) is 0 Å². The zero-order valence-electron chi connectivity index (χ0n) is 17.9. The number of nitrogens with zero attached hydrogens (tertiary/aromatic N) is 4. The highest BCUT2D eigenvalue weighted by atomic mass is 32.1. The molecule has 0 saturated carbocycles. The van der Waals surface area contributed by atoms with Crippen LogP contribution in [0.2, 0.25) is 0 Å². The van der Waals surface area contributed by atoms with E-state index in [9.17, 15) is 14.4 Å². The van der Waals surface area contributed by atoms with Crippen molar-refractivity contribution in [2.24, 2.45) is 14.1 Å². The Morgan fingerprint density at radius 1 is 1.16 bits per heavy atom. The van der Waals surface area contributed by atoms with Gasteiger partial charge in [-0.2, -0.15) is 0 Å². The molecule has 0 saturated heterocycles. The number of carbonyl (C=O) groups is 1. The molecule has 1 aliphatic carbocycles. The molecule has 3 aromatic heterocycles. The summed E-state index contributed by atoms with van der Waals surface area (Å²) >= 11 is 1.59. The van der Waals surface area contributed by atoms with Crippen LogP contribution in [-0.4, -0.2) is 24.6 Å². The van der Waals surface area contributed by atoms with E-state index in [4.69, 9.17) is 0 Å². The molecule has 0 unspecified atom stereocenters. The first kappa shape index (κ1) is 20.4. The molecule has 1 N–H and O–H groups in total. The average molecular weight is 450 g/mol. The molecule has 5 rings (SSSR count). The zero-order valence-corrected chi connectivity index (χ0v) is 18.7. The van der Waals surface area contributed by atoms with Crippen LogP contribution in [0, 0.1) is 0 Å². The van der Waals surface area contributed by atoms with Gasteiger partial charge in [-0.05, 0) is 47.4 Å². The monoisotopic (exact) mass is 449 g/mol. The molecule has 0 bridgehead atoms. The minimum Gasteiger partial charge on any atom is -0.343 e. The predicted octanol–water partition coefficient (Wildman–Crippen LogP) is 1.89. The second kappa shape index (κ2) is 7.90. The highest BCUT2D eigenvalue weighted by Crippen LogP contribution is 2.30. The first-order chi connectivity index (χ1) is 15.4. The Bertz CT molecular complexity index is 1450. The molecule has 4 aromatic rings. The van der Waals surface area contributed by atoms with Gasteiger partial charge < -0.3 is 9.88 Å². The molecule has 32 heavy (non-hydrogen) atoms. The molecule has 164 valence electrons. The lowest BCUT2D eigenvalue weighted by Crippen LogP contribution is -2.38. The zero-order chi connectivity index (χ0) is 22.4. The lowest BCUT2D eigenvalue weighted by atomic mass is 10.00. The summed E-state index contributed by atoms with van der Waals surface area (Å²) in [5, 5.41) is 5.13. The van der Waals surface area contributed by atoms with Crippen LogP contribution in [0.5, 0.6) is 0 Å². The fraction of sp³-hybridized carbons (Fsp3) is 0.304. The van der Waals surface area contributed by atoms with Crippen LogP contribution in [-0.2, 0) is 38.3 Å². The number of aromatic nitrogens is 4. The summed E-state index contributed by atoms with van der Waals surface area (Å²) in [5.41, 5.74) is 3.36. The summed E-state index contributed by atoms with van der Waals surface area (Å²) in [6.45, 7) is -0.0727. The van der Waals surface area contributed by atoms with Gasteiger partial charge in [-0.15, -0.1) is 11.3 Å². The Morgan fingerprint density at radius 2 is 1.97 bits per heavy atom. The molecule has 1 amide bonds. The number of rotatable bonds is 5. The van der Waals surface area contributed by atoms with Crippen molar-refractivity contribution in [3.63, 3.8) is 0 Å². The van der Waals surface area contributed by atoms with Crippen LogP contribution >= 0.6 is 11.3 Å². The van der Waals surface area contributed by atoms with E-state index >= 15 is 0 Å². The number of amides is 1. The number of thiophene rings is 1. The Morgan fingerprint density at radius 3 is 2.75 bits per heavy atom. The average Bonchev–Trinajstić information content (AvgIpc) is 3.55. The Hall–Kier alpha value is -3.46. The van der Waals surface area contributed by atoms with Gasteiger partial charge in [-0.3, -0.25) is 18.7 Å². The number of nitrogens with one attached hydrogen (secondary N) is 1. The maximum Gasteiger partial charge on any atom is 0.332 e. The standard InChI is InChI=1S/C23H23N5O3S/c1-26-21-20(22(30)27(2)23(26)31)28(13-24-21)12-18(29)25-19(17-7-4-10-32-17)16-9-8-14-5-3-6-15(14)11-16/h4,7-11,13,19H,3,5-6,12H2,1-2H3,(H,25,29)/t19-/m1/s1. The summed E-state index contributed by atoms with van der Waals surface area (Å²) < 4.78 is 3.84. The van der Waals surface area contributed by atoms with Crippen LogP contribution in [0.3, 0.4) is 0 Å². The van der Waals surface area contributed by atoms with Crippen LogP contribution in [0.25, 0.3) is 11.2 Å². The minimum absolute atomic E-state index is 0.0727. The van der Waals surface area contributed by atoms with Gasteiger partial charge in [0.05, 0.1) is 12.4 Å². The van der Waals surface area contributed by atoms with E-state index in [1.165, 1.54) is 40.1 Å². The number of hydrogen-bond donors (Lipinski definition) is 1. The molecule has 1 atom stereocenters. The molecule has 1 aromatic carbocycles. The number of aryl methyl sites for hydroxylation is 3. The molecule has 0 radical (unpaired) electrons. The molecule has 0 spiro atoms. The lowest BCUT2D eigenvalue weighted by Gasteiger charge is -2.19. The maximum absolute atomic E-state index is 13.1. The van der Waals surface area contributed by atoms with Crippen molar-refractivity contribution in [2.45, 2.75) is 31.8 Å². The van der Waals surface area contributed by atoms with E-state index in [1.54, 1.807) is 18.4 Å². The fourth-order valence-corrected chi connectivity index (χ4v) is 5.23. The molecule has 8 nitrogen and oxygen atoms in total. The Kier molecular flexibility index (Phi) is 5.05. The molecular weight excluding hydrogens is 426 g/mol. The predicted molar refractivity (Wildman–Crippen MR) is 123 cm³/mol. The van der Waals surface area contributed by atoms with Crippen molar-refractivity contribution in [1.29, 1.82) is 0 Å². The van der Waals surface area contributed by atoms with Crippen molar-refractivity contribution in [3.05, 3.63) is 84.4 Å². The quantitative estimate of drug-likeness (QED) is 0.504. The summed E-state index contributed by atoms with van der Waals surface area (Å²) in [5.74, 6) is -0.237. The summed E-state index contributed by atoms with van der Waals surface area (Å²) in [6.07, 6.45) is 4.77. The van der Waals surface area contributed by atoms with Crippen LogP contribution in [0.4, 0.5) is 0 Å². The highest BCUT2D eigenvalue weighted by molar-refractivity contribution is 7.10. The van der Waals surface area contributed by atoms with Gasteiger partial charge in [0.15, 0.2) is 11.2 Å². The van der Waals surface area contributed by atoms with E-state index in [0.29, 0.717) is 0 Å². The first-order valence-corrected chi connectivity index (χ1v) is 11.4. The SMILES string of the molecule is Cn1c(=O)c2c(ncn2CC(=O)N[C@H](c2ccc3c(c2)CCC3)c2cccs2)n(C)c1=O. The largest absolute Gasteiger partial charge is 0.343 e. The fourth-order valence-electron chi connectivity index (χ4n) is 4.42. The number of hydrogen-bond acceptors (Lipinski definition) is 5. The van der Waals surface area contributed by atoms with Gasteiger partial charge in [-0.1, -0.05) is 24.3 Å². The molecule has 1 aliphatic rings. The summed E-state index contributed by atoms with van der Waals surface area (Å²) in [7, 11) is 2.98. The normalized spacial score (nSPS) is 13.9. The van der Waals surface area contributed by atoms with Gasteiger partial charge in [0.2, 0.25) is 5.91 Å². The van der Waals surface area contributed by atoms with Crippen molar-refractivity contribution >= 4 is 28.4 Å². The Balaban J connectivity index is 1.46. The molecule has 9 heteroatoms. The number of benzene rings is 1. The minimum atomic E-state index is -0.471. The van der Waals surface area contributed by atoms with Gasteiger partial charge in [-0.25, -0.2) is 9.78 Å². The van der Waals surface area contributed by atoms with Crippen molar-refractivity contribution in [1.82, 2.24) is 24.0 Å². The molecule has 3 heterocycles. The van der Waals surface area contributed by atoms with Gasteiger partial charge in [0, 0.05) is 19.0 Å². The second-order valence-corrected chi connectivity index (χ2v) is 9.13. The number of imidazole rings is 1. The number of fused-ring (bicyclic) bond motifs is 2. The smallest absolute Gasteiger partial charge is 0.332 e. The maximum atomic E-state index is 13.1. The van der Waals surface area contributed by atoms with Crippen LogP contribution < -0.4 is 16.6 Å². The van der Waals surface area contributed by atoms with Gasteiger partial charge in [0.25, 0.3) is 5.56 Å². The van der Waals surface area contributed by atoms with Crippen LogP contribution in [0.15, 0.2) is 51.6 Å². The third kappa shape index (κ3) is 3.38. The highest BCUT2D eigenvalue weighted by Gasteiger charge is 2.22. The van der Waals surface area contributed by atoms with Gasteiger partial charge >= 0.3 is 5.69 Å². The van der Waals surface area contributed by atoms with E-state index < -0.39 is 11.2 Å². The second-order valence-electron chi connectivity index (χ2n) is 8.15. The Labute approximate surface area is 187 Å². The topological polar surface area (TPSA) is 90.9 Å². The van der Waals surface area contributed by atoms with Gasteiger partial charge in [0.1, 0.15) is 6.54 Å². The van der Waals surface area contributed by atoms with E-state index in [-0.39, 0.29) is 29.7 Å². The van der Waals surface area contributed by atoms with Crippen molar-refractivity contribution in [2.75, 3.05) is 0 Å². The summed E-state index contributed by atoms with van der Waals surface area (Å²) in [4.78, 5) is 43.1.